The first-order chi connectivity index (χ1) is 13.8. The number of hydrogen-bond donors (Lipinski definition) is 1. The van der Waals surface area contributed by atoms with E-state index >= 15 is 4.39 Å². The molecule has 2 aromatic carbocycles. The van der Waals surface area contributed by atoms with Crippen LogP contribution in [0.25, 0.3) is 11.3 Å². The summed E-state index contributed by atoms with van der Waals surface area (Å²) in [6.45, 7) is 0.923. The number of aromatic nitrogens is 2. The summed E-state index contributed by atoms with van der Waals surface area (Å²) in [6.07, 6.45) is -3.90. The topological polar surface area (TPSA) is 37.8 Å². The van der Waals surface area contributed by atoms with Crippen molar-refractivity contribution < 1.29 is 22.0 Å². The Kier molecular flexibility index (Phi) is 5.04. The molecular weight excluding hydrogens is 389 g/mol. The molecule has 1 unspecified atom stereocenters. The molecule has 150 valence electrons. The summed E-state index contributed by atoms with van der Waals surface area (Å²) < 4.78 is 66.7. The maximum absolute atomic E-state index is 15.3. The van der Waals surface area contributed by atoms with Crippen molar-refractivity contribution in [2.45, 2.75) is 25.1 Å². The van der Waals surface area contributed by atoms with Crippen LogP contribution in [0.5, 0.6) is 0 Å². The Morgan fingerprint density at radius 3 is 2.31 bits per heavy atom. The van der Waals surface area contributed by atoms with Crippen LogP contribution in [0.4, 0.5) is 22.0 Å². The highest BCUT2D eigenvalue weighted by molar-refractivity contribution is 5.62. The molecule has 0 bridgehead atoms. The summed E-state index contributed by atoms with van der Waals surface area (Å²) in [5.74, 6) is -1.01. The van der Waals surface area contributed by atoms with Crippen molar-refractivity contribution >= 4 is 0 Å². The Morgan fingerprint density at radius 1 is 0.897 bits per heavy atom. The van der Waals surface area contributed by atoms with E-state index in [4.69, 9.17) is 0 Å². The van der Waals surface area contributed by atoms with Crippen LogP contribution in [0, 0.1) is 11.6 Å². The van der Waals surface area contributed by atoms with Gasteiger partial charge in [-0.3, -0.25) is 0 Å². The summed E-state index contributed by atoms with van der Waals surface area (Å²) in [5.41, 5.74) is 1.05. The highest BCUT2D eigenvalue weighted by atomic mass is 19.4. The molecule has 0 fully saturated rings. The summed E-state index contributed by atoms with van der Waals surface area (Å²) in [6, 6.07) is 11.3. The second-order valence-electron chi connectivity index (χ2n) is 6.87. The third-order valence-corrected chi connectivity index (χ3v) is 5.07. The summed E-state index contributed by atoms with van der Waals surface area (Å²) in [5, 5.41) is 9.90. The molecule has 29 heavy (non-hydrogen) atoms. The molecule has 4 rings (SSSR count). The zero-order valence-electron chi connectivity index (χ0n) is 15.1. The predicted molar refractivity (Wildman–Crippen MR) is 97.0 cm³/mol. The normalized spacial score (nSPS) is 16.9. The van der Waals surface area contributed by atoms with E-state index in [0.717, 1.165) is 23.3 Å². The highest BCUT2D eigenvalue weighted by Crippen LogP contribution is 2.36. The van der Waals surface area contributed by atoms with Gasteiger partial charge in [0.25, 0.3) is 0 Å². The van der Waals surface area contributed by atoms with Crippen LogP contribution in [0.15, 0.2) is 48.5 Å². The van der Waals surface area contributed by atoms with Crippen LogP contribution in [-0.2, 0) is 12.7 Å². The van der Waals surface area contributed by atoms with Crippen LogP contribution in [-0.4, -0.2) is 16.7 Å². The highest BCUT2D eigenvalue weighted by Gasteiger charge is 2.33. The number of fused-ring (bicyclic) bond motifs is 1. The standard InChI is InChI=1S/C21H16F5N3/c22-13-3-1-12(2-4-13)14-9-10-27-11-17-15(14)5-6-16(20(17)23)18-7-8-19(29-28-18)21(24,25)26/h1-8,14,27H,9-11H2. The van der Waals surface area contributed by atoms with Gasteiger partial charge in [-0.2, -0.15) is 13.2 Å². The molecule has 3 nitrogen and oxygen atoms in total. The van der Waals surface area contributed by atoms with E-state index in [2.05, 4.69) is 15.5 Å². The van der Waals surface area contributed by atoms with E-state index in [1.807, 2.05) is 0 Å². The van der Waals surface area contributed by atoms with Gasteiger partial charge in [0.1, 0.15) is 11.6 Å². The Hall–Kier alpha value is -2.87. The predicted octanol–water partition coefficient (Wildman–Crippen LogP) is 5.07. The number of hydrogen-bond acceptors (Lipinski definition) is 3. The molecular formula is C21H16F5N3. The molecule has 1 atom stereocenters. The smallest absolute Gasteiger partial charge is 0.313 e. The maximum atomic E-state index is 15.3. The number of nitrogens with one attached hydrogen (secondary N) is 1. The zero-order valence-corrected chi connectivity index (χ0v) is 15.1. The van der Waals surface area contributed by atoms with E-state index in [1.54, 1.807) is 18.2 Å². The quantitative estimate of drug-likeness (QED) is 0.606. The van der Waals surface area contributed by atoms with Crippen molar-refractivity contribution in [3.63, 3.8) is 0 Å². The van der Waals surface area contributed by atoms with E-state index in [9.17, 15) is 17.6 Å². The monoisotopic (exact) mass is 405 g/mol. The molecule has 1 aromatic heterocycles. The number of rotatable bonds is 2. The van der Waals surface area contributed by atoms with Crippen LogP contribution in [0.3, 0.4) is 0 Å². The first-order valence-electron chi connectivity index (χ1n) is 9.03. The summed E-state index contributed by atoms with van der Waals surface area (Å²) in [7, 11) is 0. The Balaban J connectivity index is 1.75. The van der Waals surface area contributed by atoms with Crippen LogP contribution < -0.4 is 5.32 Å². The SMILES string of the molecule is Fc1ccc(C2CCNCc3c2ccc(-c2ccc(C(F)(F)F)nn2)c3F)cc1. The van der Waals surface area contributed by atoms with Gasteiger partial charge in [-0.05, 0) is 54.4 Å². The minimum atomic E-state index is -4.61. The Morgan fingerprint density at radius 2 is 1.66 bits per heavy atom. The molecule has 3 aromatic rings. The number of benzene rings is 2. The van der Waals surface area contributed by atoms with Gasteiger partial charge in [0.15, 0.2) is 5.69 Å². The lowest BCUT2D eigenvalue weighted by molar-refractivity contribution is -0.141. The van der Waals surface area contributed by atoms with Gasteiger partial charge in [0, 0.05) is 23.6 Å². The second-order valence-corrected chi connectivity index (χ2v) is 6.87. The third kappa shape index (κ3) is 3.85. The summed E-state index contributed by atoms with van der Waals surface area (Å²) >= 11 is 0. The Bertz CT molecular complexity index is 1010. The number of halogens is 5. The van der Waals surface area contributed by atoms with Crippen molar-refractivity contribution in [3.8, 4) is 11.3 Å². The van der Waals surface area contributed by atoms with Gasteiger partial charge in [0.05, 0.1) is 5.69 Å². The van der Waals surface area contributed by atoms with E-state index < -0.39 is 17.7 Å². The molecule has 0 saturated heterocycles. The maximum Gasteiger partial charge on any atom is 0.435 e. The lowest BCUT2D eigenvalue weighted by atomic mass is 9.85. The molecule has 8 heteroatoms. The van der Waals surface area contributed by atoms with E-state index in [0.29, 0.717) is 18.5 Å². The van der Waals surface area contributed by atoms with Gasteiger partial charge in [-0.15, -0.1) is 10.2 Å². The second kappa shape index (κ2) is 7.51. The average Bonchev–Trinajstić information content (AvgIpc) is 2.92. The first kappa shape index (κ1) is 19.4. The largest absolute Gasteiger partial charge is 0.435 e. The molecule has 0 spiro atoms. The fourth-order valence-electron chi connectivity index (χ4n) is 3.62. The first-order valence-corrected chi connectivity index (χ1v) is 9.03. The molecule has 0 amide bonds. The van der Waals surface area contributed by atoms with Crippen molar-refractivity contribution in [2.24, 2.45) is 0 Å². The lowest BCUT2D eigenvalue weighted by Crippen LogP contribution is -2.13. The van der Waals surface area contributed by atoms with E-state index in [1.165, 1.54) is 18.2 Å². The van der Waals surface area contributed by atoms with Gasteiger partial charge >= 0.3 is 6.18 Å². The fourth-order valence-corrected chi connectivity index (χ4v) is 3.62. The van der Waals surface area contributed by atoms with Crippen LogP contribution >= 0.6 is 0 Å². The summed E-state index contributed by atoms with van der Waals surface area (Å²) in [4.78, 5) is 0. The third-order valence-electron chi connectivity index (χ3n) is 5.07. The van der Waals surface area contributed by atoms with Crippen molar-refractivity contribution in [3.05, 3.63) is 82.5 Å². The van der Waals surface area contributed by atoms with Crippen LogP contribution in [0.1, 0.15) is 34.7 Å². The van der Waals surface area contributed by atoms with Crippen molar-refractivity contribution in [1.82, 2.24) is 15.5 Å². The number of nitrogens with zero attached hydrogens (tertiary/aromatic N) is 2. The Labute approximate surface area is 163 Å². The average molecular weight is 405 g/mol. The minimum Gasteiger partial charge on any atom is -0.313 e. The molecule has 1 aliphatic heterocycles. The van der Waals surface area contributed by atoms with Crippen LogP contribution in [0.2, 0.25) is 0 Å². The van der Waals surface area contributed by atoms with Gasteiger partial charge < -0.3 is 5.32 Å². The van der Waals surface area contributed by atoms with Gasteiger partial charge in [-0.25, -0.2) is 8.78 Å². The van der Waals surface area contributed by atoms with Gasteiger partial charge in [-0.1, -0.05) is 18.2 Å². The number of alkyl halides is 3. The van der Waals surface area contributed by atoms with E-state index in [-0.39, 0.29) is 29.5 Å². The molecule has 1 aliphatic rings. The van der Waals surface area contributed by atoms with Crippen molar-refractivity contribution in [1.29, 1.82) is 0 Å². The molecule has 0 aliphatic carbocycles. The molecule has 0 saturated carbocycles. The lowest BCUT2D eigenvalue weighted by Gasteiger charge is -2.19. The zero-order chi connectivity index (χ0) is 20.6. The minimum absolute atomic E-state index is 0.0286. The molecule has 1 N–H and O–H groups in total. The van der Waals surface area contributed by atoms with Crippen molar-refractivity contribution in [2.75, 3.05) is 6.54 Å². The fraction of sp³-hybridized carbons (Fsp3) is 0.238. The molecule has 2 heterocycles. The molecule has 0 radical (unpaired) electrons. The van der Waals surface area contributed by atoms with Gasteiger partial charge in [0.2, 0.25) is 0 Å².